The molecule has 1 aromatic carbocycles. The molecule has 0 saturated heterocycles. The molecular formula is C9H9I3O2. The largest absolute Gasteiger partial charge is 0.506 e. The van der Waals surface area contributed by atoms with E-state index in [1.807, 2.05) is 6.07 Å². The predicted molar refractivity (Wildman–Crippen MR) is 81.8 cm³/mol. The highest BCUT2D eigenvalue weighted by Gasteiger charge is 2.12. The van der Waals surface area contributed by atoms with Crippen LogP contribution < -0.4 is 0 Å². The van der Waals surface area contributed by atoms with E-state index in [4.69, 9.17) is 4.74 Å². The van der Waals surface area contributed by atoms with Gasteiger partial charge < -0.3 is 9.84 Å². The van der Waals surface area contributed by atoms with Crippen molar-refractivity contribution in [1.29, 1.82) is 0 Å². The molecule has 0 aliphatic rings. The minimum atomic E-state index is 0.387. The summed E-state index contributed by atoms with van der Waals surface area (Å²) in [6.07, 6.45) is 0.845. The molecular weight excluding hydrogens is 521 g/mol. The van der Waals surface area contributed by atoms with Gasteiger partial charge in [0.05, 0.1) is 13.7 Å². The highest BCUT2D eigenvalue weighted by molar-refractivity contribution is 14.1. The van der Waals surface area contributed by atoms with Crippen LogP contribution in [0.4, 0.5) is 0 Å². The lowest BCUT2D eigenvalue weighted by molar-refractivity contribution is 0.202. The first-order valence-electron chi connectivity index (χ1n) is 3.92. The highest BCUT2D eigenvalue weighted by Crippen LogP contribution is 2.32. The van der Waals surface area contributed by atoms with Crippen LogP contribution >= 0.6 is 67.8 Å². The molecule has 2 nitrogen and oxygen atoms in total. The smallest absolute Gasteiger partial charge is 0.142 e. The predicted octanol–water partition coefficient (Wildman–Crippen LogP) is 3.39. The fourth-order valence-electron chi connectivity index (χ4n) is 1.05. The van der Waals surface area contributed by atoms with E-state index in [9.17, 15) is 5.11 Å². The summed E-state index contributed by atoms with van der Waals surface area (Å²) in [5.41, 5.74) is 1.17. The van der Waals surface area contributed by atoms with Gasteiger partial charge in [-0.1, -0.05) is 0 Å². The second-order valence-electron chi connectivity index (χ2n) is 2.72. The summed E-state index contributed by atoms with van der Waals surface area (Å²) in [6, 6.07) is 1.99. The number of phenols is 1. The number of phenolic OH excluding ortho intramolecular Hbond substituents is 1. The molecule has 0 aromatic heterocycles. The number of halogens is 3. The van der Waals surface area contributed by atoms with Crippen molar-refractivity contribution in [2.45, 2.75) is 6.42 Å². The van der Waals surface area contributed by atoms with Gasteiger partial charge in [0.15, 0.2) is 0 Å². The molecule has 14 heavy (non-hydrogen) atoms. The first-order valence-corrected chi connectivity index (χ1v) is 7.15. The third-order valence-electron chi connectivity index (χ3n) is 1.80. The summed E-state index contributed by atoms with van der Waals surface area (Å²) in [5.74, 6) is 0.387. The zero-order valence-corrected chi connectivity index (χ0v) is 14.0. The Morgan fingerprint density at radius 2 is 1.93 bits per heavy atom. The van der Waals surface area contributed by atoms with E-state index in [-0.39, 0.29) is 0 Å². The molecule has 0 bridgehead atoms. The van der Waals surface area contributed by atoms with Crippen LogP contribution in [0.3, 0.4) is 0 Å². The van der Waals surface area contributed by atoms with E-state index in [1.54, 1.807) is 7.11 Å². The second-order valence-corrected chi connectivity index (χ2v) is 6.13. The van der Waals surface area contributed by atoms with Gasteiger partial charge in [-0.2, -0.15) is 0 Å². The highest BCUT2D eigenvalue weighted by atomic mass is 127. The molecule has 1 N–H and O–H groups in total. The summed E-state index contributed by atoms with van der Waals surface area (Å²) >= 11 is 6.61. The monoisotopic (exact) mass is 530 g/mol. The van der Waals surface area contributed by atoms with Crippen molar-refractivity contribution in [2.75, 3.05) is 13.7 Å². The number of benzene rings is 1. The molecule has 1 rings (SSSR count). The van der Waals surface area contributed by atoms with Crippen molar-refractivity contribution < 1.29 is 9.84 Å². The standard InChI is InChI=1S/C9H9I3O2/c1-14-3-2-5-6(10)4-7(11)9(13)8(5)12/h4,13H,2-3H2,1H3. The Kier molecular flexibility index (Phi) is 5.71. The van der Waals surface area contributed by atoms with Crippen LogP contribution in [-0.4, -0.2) is 18.8 Å². The minimum absolute atomic E-state index is 0.387. The molecule has 78 valence electrons. The third kappa shape index (κ3) is 3.08. The van der Waals surface area contributed by atoms with Crippen LogP contribution in [0.5, 0.6) is 5.75 Å². The molecule has 0 radical (unpaired) electrons. The maximum atomic E-state index is 9.75. The normalized spacial score (nSPS) is 10.6. The second kappa shape index (κ2) is 6.04. The molecule has 5 heteroatoms. The van der Waals surface area contributed by atoms with Crippen molar-refractivity contribution in [3.63, 3.8) is 0 Å². The van der Waals surface area contributed by atoms with Crippen LogP contribution in [0.25, 0.3) is 0 Å². The fourth-order valence-corrected chi connectivity index (χ4v) is 4.96. The van der Waals surface area contributed by atoms with Gasteiger partial charge in [-0.25, -0.2) is 0 Å². The minimum Gasteiger partial charge on any atom is -0.506 e. The fraction of sp³-hybridized carbons (Fsp3) is 0.333. The average Bonchev–Trinajstić information content (AvgIpc) is 2.14. The molecule has 1 aromatic rings. The number of methoxy groups -OCH3 is 1. The van der Waals surface area contributed by atoms with Gasteiger partial charge in [0, 0.05) is 10.7 Å². The Labute approximate surface area is 124 Å². The van der Waals surface area contributed by atoms with Crippen molar-refractivity contribution in [3.8, 4) is 5.75 Å². The molecule has 0 atom stereocenters. The van der Waals surface area contributed by atoms with Gasteiger partial charge in [-0.3, -0.25) is 0 Å². The van der Waals surface area contributed by atoms with E-state index in [2.05, 4.69) is 67.8 Å². The van der Waals surface area contributed by atoms with Gasteiger partial charge >= 0.3 is 0 Å². The van der Waals surface area contributed by atoms with Crippen LogP contribution in [0.2, 0.25) is 0 Å². The molecule has 0 aliphatic heterocycles. The Hall–Kier alpha value is 1.17. The molecule has 0 spiro atoms. The van der Waals surface area contributed by atoms with Gasteiger partial charge in [-0.15, -0.1) is 0 Å². The van der Waals surface area contributed by atoms with Crippen molar-refractivity contribution >= 4 is 67.8 Å². The number of hydrogen-bond acceptors (Lipinski definition) is 2. The van der Waals surface area contributed by atoms with Crippen LogP contribution in [-0.2, 0) is 11.2 Å². The number of hydrogen-bond donors (Lipinski definition) is 1. The van der Waals surface area contributed by atoms with Crippen molar-refractivity contribution in [1.82, 2.24) is 0 Å². The Balaban J connectivity index is 3.09. The third-order valence-corrected chi connectivity index (χ3v) is 4.74. The quantitative estimate of drug-likeness (QED) is 0.609. The Bertz CT molecular complexity index is 339. The molecule has 0 heterocycles. The summed E-state index contributed by atoms with van der Waals surface area (Å²) < 4.78 is 8.06. The van der Waals surface area contributed by atoms with Crippen LogP contribution in [0, 0.1) is 10.7 Å². The molecule has 0 amide bonds. The molecule has 0 saturated carbocycles. The number of rotatable bonds is 3. The van der Waals surface area contributed by atoms with E-state index < -0.39 is 0 Å². The van der Waals surface area contributed by atoms with Gasteiger partial charge in [0.1, 0.15) is 5.75 Å². The lowest BCUT2D eigenvalue weighted by atomic mass is 10.1. The first-order chi connectivity index (χ1) is 6.57. The lowest BCUT2D eigenvalue weighted by Crippen LogP contribution is -2.01. The average molecular weight is 530 g/mol. The van der Waals surface area contributed by atoms with E-state index in [0.717, 1.165) is 13.6 Å². The zero-order valence-electron chi connectivity index (χ0n) is 7.48. The lowest BCUT2D eigenvalue weighted by Gasteiger charge is -2.10. The van der Waals surface area contributed by atoms with Gasteiger partial charge in [0.2, 0.25) is 0 Å². The van der Waals surface area contributed by atoms with Crippen LogP contribution in [0.1, 0.15) is 5.56 Å². The van der Waals surface area contributed by atoms with E-state index in [1.165, 1.54) is 9.13 Å². The van der Waals surface area contributed by atoms with Crippen LogP contribution in [0.15, 0.2) is 6.07 Å². The summed E-state index contributed by atoms with van der Waals surface area (Å²) in [6.45, 7) is 0.687. The summed E-state index contributed by atoms with van der Waals surface area (Å²) in [5, 5.41) is 9.75. The molecule has 0 aliphatic carbocycles. The zero-order chi connectivity index (χ0) is 10.7. The SMILES string of the molecule is COCCc1c(I)cc(I)c(O)c1I. The van der Waals surface area contributed by atoms with E-state index in [0.29, 0.717) is 12.4 Å². The number of aromatic hydroxyl groups is 1. The number of ether oxygens (including phenoxy) is 1. The summed E-state index contributed by atoms with van der Waals surface area (Å²) in [4.78, 5) is 0. The van der Waals surface area contributed by atoms with Crippen molar-refractivity contribution in [3.05, 3.63) is 22.3 Å². The Morgan fingerprint density at radius 3 is 2.50 bits per heavy atom. The first kappa shape index (κ1) is 13.2. The molecule has 0 fully saturated rings. The van der Waals surface area contributed by atoms with E-state index >= 15 is 0 Å². The van der Waals surface area contributed by atoms with Gasteiger partial charge in [-0.05, 0) is 85.8 Å². The maximum Gasteiger partial charge on any atom is 0.142 e. The molecule has 0 unspecified atom stereocenters. The summed E-state index contributed by atoms with van der Waals surface area (Å²) in [7, 11) is 1.69. The van der Waals surface area contributed by atoms with Gasteiger partial charge in [0.25, 0.3) is 0 Å². The Morgan fingerprint density at radius 1 is 1.29 bits per heavy atom. The van der Waals surface area contributed by atoms with Crippen molar-refractivity contribution in [2.24, 2.45) is 0 Å². The maximum absolute atomic E-state index is 9.75. The topological polar surface area (TPSA) is 29.5 Å².